The summed E-state index contributed by atoms with van der Waals surface area (Å²) in [6, 6.07) is 5.33. The Hall–Kier alpha value is -1.89. The van der Waals surface area contributed by atoms with Crippen molar-refractivity contribution in [3.05, 3.63) is 48.0 Å². The van der Waals surface area contributed by atoms with Gasteiger partial charge in [-0.2, -0.15) is 13.2 Å². The maximum atomic E-state index is 13.0. The van der Waals surface area contributed by atoms with Gasteiger partial charge in [-0.15, -0.1) is 34.2 Å². The fourth-order valence-electron chi connectivity index (χ4n) is 3.25. The first-order valence-electron chi connectivity index (χ1n) is 9.54. The minimum atomic E-state index is -4.37. The van der Waals surface area contributed by atoms with Crippen molar-refractivity contribution in [1.29, 1.82) is 0 Å². The van der Waals surface area contributed by atoms with Gasteiger partial charge in [0, 0.05) is 26.7 Å². The molecule has 166 valence electrons. The van der Waals surface area contributed by atoms with Gasteiger partial charge in [-0.3, -0.25) is 4.99 Å². The Morgan fingerprint density at radius 3 is 2.73 bits per heavy atom. The highest BCUT2D eigenvalue weighted by Crippen LogP contribution is 2.32. The second-order valence-corrected chi connectivity index (χ2v) is 6.81. The average Bonchev–Trinajstić information content (AvgIpc) is 3.24. The molecule has 1 unspecified atom stereocenters. The quantitative estimate of drug-likeness (QED) is 0.265. The highest BCUT2D eigenvalue weighted by Gasteiger charge is 2.32. The molecule has 1 atom stereocenters. The van der Waals surface area contributed by atoms with Crippen molar-refractivity contribution >= 4 is 29.9 Å². The summed E-state index contributed by atoms with van der Waals surface area (Å²) in [5.74, 6) is 0.731. The molecule has 11 heteroatoms. The predicted octanol–water partition coefficient (Wildman–Crippen LogP) is 3.34. The number of nitrogens with one attached hydrogen (secondary N) is 1. The molecule has 2 aromatic rings. The van der Waals surface area contributed by atoms with Crippen LogP contribution in [-0.2, 0) is 17.5 Å². The summed E-state index contributed by atoms with van der Waals surface area (Å²) in [5.41, 5.74) is -0.139. The number of hydrogen-bond acceptors (Lipinski definition) is 4. The van der Waals surface area contributed by atoms with E-state index in [1.54, 1.807) is 25.8 Å². The predicted molar refractivity (Wildman–Crippen MR) is 118 cm³/mol. The Balaban J connectivity index is 0.00000320. The standard InChI is InChI=1S/C19H25F3N6O.HI/c1-23-18(24-7-2-3-8-27-13-25-26-14-27)28-9-10-29-17(12-28)15-5-4-6-16(11-15)19(20,21)22;/h4-6,11,13-14,17H,2-3,7-10,12H2,1H3,(H,23,24);1H. The lowest BCUT2D eigenvalue weighted by Gasteiger charge is -2.35. The Morgan fingerprint density at radius 2 is 2.03 bits per heavy atom. The fourth-order valence-corrected chi connectivity index (χ4v) is 3.25. The van der Waals surface area contributed by atoms with Crippen LogP contribution in [0, 0.1) is 0 Å². The van der Waals surface area contributed by atoms with Crippen molar-refractivity contribution in [2.75, 3.05) is 33.3 Å². The Bertz CT molecular complexity index is 800. The lowest BCUT2D eigenvalue weighted by Crippen LogP contribution is -2.48. The Labute approximate surface area is 190 Å². The SMILES string of the molecule is CN=C(NCCCCn1cnnc1)N1CCOC(c2cccc(C(F)(F)F)c2)C1.I. The van der Waals surface area contributed by atoms with Gasteiger partial charge in [0.05, 0.1) is 18.7 Å². The zero-order valence-electron chi connectivity index (χ0n) is 16.7. The van der Waals surface area contributed by atoms with E-state index in [2.05, 4.69) is 20.5 Å². The monoisotopic (exact) mass is 538 g/mol. The Kier molecular flexibility index (Phi) is 9.34. The van der Waals surface area contributed by atoms with Crippen LogP contribution in [0.15, 0.2) is 41.9 Å². The molecule has 1 fully saturated rings. The molecule has 1 N–H and O–H groups in total. The highest BCUT2D eigenvalue weighted by molar-refractivity contribution is 14.0. The second kappa shape index (κ2) is 11.5. The zero-order valence-corrected chi connectivity index (χ0v) is 19.0. The zero-order chi connectivity index (χ0) is 20.7. The van der Waals surface area contributed by atoms with Crippen molar-refractivity contribution in [2.24, 2.45) is 4.99 Å². The van der Waals surface area contributed by atoms with Crippen molar-refractivity contribution in [3.8, 4) is 0 Å². The van der Waals surface area contributed by atoms with E-state index in [0.717, 1.165) is 44.0 Å². The average molecular weight is 538 g/mol. The van der Waals surface area contributed by atoms with Crippen molar-refractivity contribution in [2.45, 2.75) is 31.7 Å². The van der Waals surface area contributed by atoms with E-state index in [9.17, 15) is 13.2 Å². The summed E-state index contributed by atoms with van der Waals surface area (Å²) < 4.78 is 46.7. The number of aryl methyl sites for hydroxylation is 1. The van der Waals surface area contributed by atoms with Gasteiger partial charge in [-0.1, -0.05) is 12.1 Å². The molecule has 0 spiro atoms. The van der Waals surface area contributed by atoms with Crippen molar-refractivity contribution < 1.29 is 17.9 Å². The number of aliphatic imine (C=N–C) groups is 1. The van der Waals surface area contributed by atoms with E-state index < -0.39 is 17.8 Å². The van der Waals surface area contributed by atoms with Crippen LogP contribution >= 0.6 is 24.0 Å². The molecule has 0 radical (unpaired) electrons. The third-order valence-corrected chi connectivity index (χ3v) is 4.76. The first-order chi connectivity index (χ1) is 14.0. The van der Waals surface area contributed by atoms with Crippen molar-refractivity contribution in [1.82, 2.24) is 25.0 Å². The van der Waals surface area contributed by atoms with Gasteiger partial charge in [0.15, 0.2) is 5.96 Å². The third-order valence-electron chi connectivity index (χ3n) is 4.76. The third kappa shape index (κ3) is 6.83. The molecule has 2 heterocycles. The number of benzene rings is 1. The molecule has 1 aromatic heterocycles. The first kappa shape index (κ1) is 24.4. The fraction of sp³-hybridized carbons (Fsp3) is 0.526. The molecule has 1 aromatic carbocycles. The number of alkyl halides is 3. The maximum Gasteiger partial charge on any atom is 0.416 e. The molecule has 0 saturated carbocycles. The van der Waals surface area contributed by atoms with E-state index in [1.165, 1.54) is 6.07 Å². The van der Waals surface area contributed by atoms with Gasteiger partial charge >= 0.3 is 6.18 Å². The van der Waals surface area contributed by atoms with E-state index in [-0.39, 0.29) is 24.0 Å². The van der Waals surface area contributed by atoms with Crippen molar-refractivity contribution in [3.63, 3.8) is 0 Å². The number of rotatable bonds is 6. The number of guanidine groups is 1. The lowest BCUT2D eigenvalue weighted by molar-refractivity contribution is -0.137. The summed E-state index contributed by atoms with van der Waals surface area (Å²) in [6.07, 6.45) is 0.492. The van der Waals surface area contributed by atoms with Gasteiger partial charge in [-0.05, 0) is 30.5 Å². The van der Waals surface area contributed by atoms with E-state index in [4.69, 9.17) is 4.74 Å². The molecule has 30 heavy (non-hydrogen) atoms. The number of unbranched alkanes of at least 4 members (excludes halogenated alkanes) is 1. The molecule has 0 amide bonds. The number of nitrogens with zero attached hydrogens (tertiary/aromatic N) is 5. The van der Waals surface area contributed by atoms with Crippen LogP contribution in [0.5, 0.6) is 0 Å². The number of halogens is 4. The van der Waals surface area contributed by atoms with Crippen LogP contribution in [0.25, 0.3) is 0 Å². The Morgan fingerprint density at radius 1 is 1.27 bits per heavy atom. The lowest BCUT2D eigenvalue weighted by atomic mass is 10.0. The summed E-state index contributed by atoms with van der Waals surface area (Å²) in [4.78, 5) is 6.34. The molecule has 0 aliphatic carbocycles. The van der Waals surface area contributed by atoms with Crippen LogP contribution in [0.4, 0.5) is 13.2 Å². The van der Waals surface area contributed by atoms with Gasteiger partial charge < -0.3 is 19.5 Å². The van der Waals surface area contributed by atoms with E-state index in [0.29, 0.717) is 25.3 Å². The summed E-state index contributed by atoms with van der Waals surface area (Å²) in [6.45, 7) is 3.11. The van der Waals surface area contributed by atoms with Crippen LogP contribution in [0.3, 0.4) is 0 Å². The number of morpholine rings is 1. The molecule has 1 aliphatic rings. The second-order valence-electron chi connectivity index (χ2n) is 6.81. The molecule has 1 saturated heterocycles. The summed E-state index contributed by atoms with van der Waals surface area (Å²) >= 11 is 0. The van der Waals surface area contributed by atoms with E-state index >= 15 is 0 Å². The number of ether oxygens (including phenoxy) is 1. The van der Waals surface area contributed by atoms with Gasteiger partial charge in [0.25, 0.3) is 0 Å². The van der Waals surface area contributed by atoms with Crippen LogP contribution in [0.1, 0.15) is 30.1 Å². The molecule has 3 rings (SSSR count). The minimum Gasteiger partial charge on any atom is -0.370 e. The van der Waals surface area contributed by atoms with Crippen LogP contribution in [-0.4, -0.2) is 58.9 Å². The molecule has 7 nitrogen and oxygen atoms in total. The first-order valence-corrected chi connectivity index (χ1v) is 9.54. The molecular formula is C19H26F3IN6O. The van der Waals surface area contributed by atoms with Gasteiger partial charge in [0.1, 0.15) is 18.8 Å². The van der Waals surface area contributed by atoms with Crippen LogP contribution < -0.4 is 5.32 Å². The largest absolute Gasteiger partial charge is 0.416 e. The minimum absolute atomic E-state index is 0. The normalized spacial score (nSPS) is 17.5. The highest BCUT2D eigenvalue weighted by atomic mass is 127. The van der Waals surface area contributed by atoms with Gasteiger partial charge in [-0.25, -0.2) is 0 Å². The topological polar surface area (TPSA) is 67.6 Å². The van der Waals surface area contributed by atoms with E-state index in [1.807, 2.05) is 9.47 Å². The molecule has 1 aliphatic heterocycles. The summed E-state index contributed by atoms with van der Waals surface area (Å²) in [7, 11) is 1.70. The van der Waals surface area contributed by atoms with Gasteiger partial charge in [0.2, 0.25) is 0 Å². The smallest absolute Gasteiger partial charge is 0.370 e. The number of aromatic nitrogens is 3. The molecular weight excluding hydrogens is 512 g/mol. The maximum absolute atomic E-state index is 13.0. The van der Waals surface area contributed by atoms with Crippen LogP contribution in [0.2, 0.25) is 0 Å². The number of hydrogen-bond donors (Lipinski definition) is 1. The summed E-state index contributed by atoms with van der Waals surface area (Å²) in [5, 5.41) is 10.9. The molecule has 0 bridgehead atoms.